The predicted molar refractivity (Wildman–Crippen MR) is 101 cm³/mol. The Kier molecular flexibility index (Phi) is 6.30. The first-order valence-corrected chi connectivity index (χ1v) is 9.55. The van der Waals surface area contributed by atoms with Crippen molar-refractivity contribution in [2.24, 2.45) is 0 Å². The molecule has 0 atom stereocenters. The third kappa shape index (κ3) is 4.86. The van der Waals surface area contributed by atoms with Crippen LogP contribution in [0.3, 0.4) is 0 Å². The maximum Gasteiger partial charge on any atom is 0.573 e. The molecule has 0 bridgehead atoms. The number of para-hydroxylation sites is 1. The summed E-state index contributed by atoms with van der Waals surface area (Å²) in [4.78, 5) is 13.1. The molecule has 2 aromatic rings. The summed E-state index contributed by atoms with van der Waals surface area (Å²) in [6, 6.07) is 13.3. The first-order chi connectivity index (χ1) is 13.3. The number of amides is 1. The number of carbonyl (C=O) groups is 1. The number of benzene rings is 2. The highest BCUT2D eigenvalue weighted by molar-refractivity contribution is 9.10. The largest absolute Gasteiger partial charge is 0.573 e. The fourth-order valence-electron chi connectivity index (χ4n) is 3.35. The fraction of sp³-hybridized carbons (Fsp3) is 0.350. The Morgan fingerprint density at radius 1 is 1.11 bits per heavy atom. The van der Waals surface area contributed by atoms with Gasteiger partial charge in [-0.2, -0.15) is 0 Å². The second kappa shape index (κ2) is 8.53. The van der Waals surface area contributed by atoms with Crippen LogP contribution < -0.4 is 10.1 Å². The van der Waals surface area contributed by atoms with E-state index in [4.69, 9.17) is 4.74 Å². The van der Waals surface area contributed by atoms with Gasteiger partial charge in [0.1, 0.15) is 5.75 Å². The lowest BCUT2D eigenvalue weighted by Gasteiger charge is -2.36. The Morgan fingerprint density at radius 2 is 1.75 bits per heavy atom. The van der Waals surface area contributed by atoms with Crippen LogP contribution in [0.25, 0.3) is 0 Å². The molecule has 1 aliphatic heterocycles. The van der Waals surface area contributed by atoms with E-state index in [1.807, 2.05) is 24.3 Å². The molecule has 0 spiro atoms. The van der Waals surface area contributed by atoms with Gasteiger partial charge in [0.2, 0.25) is 5.91 Å². The minimum atomic E-state index is -4.79. The molecule has 150 valence electrons. The van der Waals surface area contributed by atoms with Gasteiger partial charge < -0.3 is 14.8 Å². The second-order valence-electron chi connectivity index (χ2n) is 6.54. The molecule has 0 saturated carbocycles. The molecule has 1 fully saturated rings. The summed E-state index contributed by atoms with van der Waals surface area (Å²) in [6.07, 6.45) is -3.79. The van der Waals surface area contributed by atoms with Crippen LogP contribution in [-0.2, 0) is 21.5 Å². The maximum atomic E-state index is 13.1. The number of carbonyl (C=O) groups excluding carboxylic acids is 1. The molecule has 1 amide bonds. The molecule has 4 nitrogen and oxygen atoms in total. The summed E-state index contributed by atoms with van der Waals surface area (Å²) in [6.45, 7) is 0.818. The average molecular weight is 458 g/mol. The van der Waals surface area contributed by atoms with Crippen molar-refractivity contribution in [1.82, 2.24) is 5.32 Å². The van der Waals surface area contributed by atoms with E-state index in [1.165, 1.54) is 18.2 Å². The molecule has 3 rings (SSSR count). The van der Waals surface area contributed by atoms with Crippen LogP contribution in [0, 0.1) is 0 Å². The van der Waals surface area contributed by atoms with Crippen molar-refractivity contribution in [3.63, 3.8) is 0 Å². The summed E-state index contributed by atoms with van der Waals surface area (Å²) in [5, 5.41) is 2.80. The summed E-state index contributed by atoms with van der Waals surface area (Å²) >= 11 is 3.39. The number of ether oxygens (including phenoxy) is 2. The fourth-order valence-corrected chi connectivity index (χ4v) is 3.62. The normalized spacial score (nSPS) is 16.4. The lowest BCUT2D eigenvalue weighted by molar-refractivity contribution is -0.274. The van der Waals surface area contributed by atoms with Crippen molar-refractivity contribution in [3.8, 4) is 5.75 Å². The predicted octanol–water partition coefficient (Wildman–Crippen LogP) is 4.71. The monoisotopic (exact) mass is 457 g/mol. The quantitative estimate of drug-likeness (QED) is 0.706. The van der Waals surface area contributed by atoms with Crippen molar-refractivity contribution < 1.29 is 27.4 Å². The van der Waals surface area contributed by atoms with Gasteiger partial charge in [-0.3, -0.25) is 4.79 Å². The van der Waals surface area contributed by atoms with Crippen molar-refractivity contribution >= 4 is 21.8 Å². The van der Waals surface area contributed by atoms with E-state index in [2.05, 4.69) is 26.0 Å². The van der Waals surface area contributed by atoms with E-state index < -0.39 is 11.8 Å². The number of nitrogens with one attached hydrogen (secondary N) is 1. The highest BCUT2D eigenvalue weighted by Gasteiger charge is 2.41. The molecule has 1 saturated heterocycles. The third-order valence-corrected chi connectivity index (χ3v) is 5.34. The van der Waals surface area contributed by atoms with E-state index in [0.717, 1.165) is 10.0 Å². The minimum absolute atomic E-state index is 0.0653. The lowest BCUT2D eigenvalue weighted by Crippen LogP contribution is -2.47. The SMILES string of the molecule is O=C(NCc1ccccc1OC(F)(F)F)C1(c2ccc(Br)cc2)CCOCC1. The third-order valence-electron chi connectivity index (χ3n) is 4.82. The summed E-state index contributed by atoms with van der Waals surface area (Å²) in [5.41, 5.74) is 0.334. The molecule has 8 heteroatoms. The highest BCUT2D eigenvalue weighted by Crippen LogP contribution is 2.36. The van der Waals surface area contributed by atoms with E-state index >= 15 is 0 Å². The van der Waals surface area contributed by atoms with Crippen LogP contribution in [0.1, 0.15) is 24.0 Å². The molecule has 1 aliphatic rings. The molecule has 28 heavy (non-hydrogen) atoms. The first kappa shape index (κ1) is 20.7. The van der Waals surface area contributed by atoms with Crippen LogP contribution in [0.4, 0.5) is 13.2 Å². The number of hydrogen-bond acceptors (Lipinski definition) is 3. The van der Waals surface area contributed by atoms with Gasteiger partial charge in [-0.05, 0) is 36.6 Å². The zero-order valence-corrected chi connectivity index (χ0v) is 16.5. The van der Waals surface area contributed by atoms with Gasteiger partial charge in [0.25, 0.3) is 0 Å². The Bertz CT molecular complexity index is 818. The van der Waals surface area contributed by atoms with E-state index in [0.29, 0.717) is 26.1 Å². The smallest absolute Gasteiger partial charge is 0.405 e. The molecule has 1 heterocycles. The maximum absolute atomic E-state index is 13.1. The summed E-state index contributed by atoms with van der Waals surface area (Å²) in [5.74, 6) is -0.556. The van der Waals surface area contributed by atoms with Crippen LogP contribution in [0.2, 0.25) is 0 Å². The standard InChI is InChI=1S/C20H19BrF3NO3/c21-16-7-5-15(6-8-16)19(9-11-27-12-10-19)18(26)25-13-14-3-1-2-4-17(14)28-20(22,23)24/h1-8H,9-13H2,(H,25,26). The molecule has 0 unspecified atom stereocenters. The van der Waals surface area contributed by atoms with Crippen LogP contribution in [0.5, 0.6) is 5.75 Å². The zero-order chi connectivity index (χ0) is 20.2. The molecule has 2 aromatic carbocycles. The average Bonchev–Trinajstić information content (AvgIpc) is 2.67. The van der Waals surface area contributed by atoms with Crippen molar-refractivity contribution in [3.05, 3.63) is 64.1 Å². The topological polar surface area (TPSA) is 47.6 Å². The second-order valence-corrected chi connectivity index (χ2v) is 7.46. The van der Waals surface area contributed by atoms with Gasteiger partial charge in [0.15, 0.2) is 0 Å². The van der Waals surface area contributed by atoms with Crippen molar-refractivity contribution in [1.29, 1.82) is 0 Å². The molecule has 0 radical (unpaired) electrons. The number of alkyl halides is 3. The Labute approximate surface area is 169 Å². The van der Waals surface area contributed by atoms with Crippen LogP contribution >= 0.6 is 15.9 Å². The van der Waals surface area contributed by atoms with Crippen molar-refractivity contribution in [2.45, 2.75) is 31.2 Å². The van der Waals surface area contributed by atoms with Gasteiger partial charge in [0.05, 0.1) is 5.41 Å². The number of halogens is 4. The first-order valence-electron chi connectivity index (χ1n) is 8.76. The van der Waals surface area contributed by atoms with Gasteiger partial charge >= 0.3 is 6.36 Å². The van der Waals surface area contributed by atoms with E-state index in [-0.39, 0.29) is 23.8 Å². The zero-order valence-electron chi connectivity index (χ0n) is 14.9. The van der Waals surface area contributed by atoms with E-state index in [9.17, 15) is 18.0 Å². The Balaban J connectivity index is 1.80. The number of hydrogen-bond donors (Lipinski definition) is 1. The lowest BCUT2D eigenvalue weighted by atomic mass is 9.73. The minimum Gasteiger partial charge on any atom is -0.405 e. The number of rotatable bonds is 5. The molecule has 0 aromatic heterocycles. The molecular weight excluding hydrogens is 439 g/mol. The Hall–Kier alpha value is -2.06. The van der Waals surface area contributed by atoms with Crippen molar-refractivity contribution in [2.75, 3.05) is 13.2 Å². The van der Waals surface area contributed by atoms with E-state index in [1.54, 1.807) is 6.07 Å². The molecular formula is C20H19BrF3NO3. The van der Waals surface area contributed by atoms with Crippen LogP contribution in [-0.4, -0.2) is 25.5 Å². The summed E-state index contributed by atoms with van der Waals surface area (Å²) in [7, 11) is 0. The molecule has 1 N–H and O–H groups in total. The highest BCUT2D eigenvalue weighted by atomic mass is 79.9. The summed E-state index contributed by atoms with van der Waals surface area (Å²) < 4.78 is 48.2. The Morgan fingerprint density at radius 3 is 2.39 bits per heavy atom. The van der Waals surface area contributed by atoms with Gasteiger partial charge in [-0.1, -0.05) is 46.3 Å². The van der Waals surface area contributed by atoms with Gasteiger partial charge in [0, 0.05) is 29.8 Å². The molecule has 0 aliphatic carbocycles. The van der Waals surface area contributed by atoms with Crippen LogP contribution in [0.15, 0.2) is 53.0 Å². The van der Waals surface area contributed by atoms with Gasteiger partial charge in [-0.15, -0.1) is 13.2 Å². The van der Waals surface area contributed by atoms with Gasteiger partial charge in [-0.25, -0.2) is 0 Å².